The SMILES string of the molecule is Br.Cc1nnc2n1N=C(c1cccs1)CS2. The number of thiophene rings is 1. The van der Waals surface area contributed by atoms with E-state index in [0.717, 1.165) is 22.4 Å². The third kappa shape index (κ3) is 1.94. The van der Waals surface area contributed by atoms with Gasteiger partial charge in [0.15, 0.2) is 5.82 Å². The lowest BCUT2D eigenvalue weighted by atomic mass is 10.3. The van der Waals surface area contributed by atoms with Crippen molar-refractivity contribution < 1.29 is 0 Å². The third-order valence-corrected chi connectivity index (χ3v) is 3.98. The van der Waals surface area contributed by atoms with E-state index in [9.17, 15) is 0 Å². The molecule has 16 heavy (non-hydrogen) atoms. The molecule has 0 fully saturated rings. The minimum Gasteiger partial charge on any atom is -0.191 e. The van der Waals surface area contributed by atoms with Crippen LogP contribution in [0.5, 0.6) is 0 Å². The average Bonchev–Trinajstić information content (AvgIpc) is 2.88. The van der Waals surface area contributed by atoms with Crippen LogP contribution >= 0.6 is 40.1 Å². The Kier molecular flexibility index (Phi) is 3.46. The topological polar surface area (TPSA) is 43.1 Å². The van der Waals surface area contributed by atoms with Crippen LogP contribution in [-0.2, 0) is 0 Å². The number of aryl methyl sites for hydroxylation is 1. The summed E-state index contributed by atoms with van der Waals surface area (Å²) in [6, 6.07) is 4.14. The fraction of sp³-hybridized carbons (Fsp3) is 0.222. The Labute approximate surface area is 112 Å². The zero-order valence-corrected chi connectivity index (χ0v) is 11.8. The normalized spacial score (nSPS) is 13.9. The third-order valence-electron chi connectivity index (χ3n) is 2.13. The molecule has 0 spiro atoms. The van der Waals surface area contributed by atoms with Crippen molar-refractivity contribution in [1.82, 2.24) is 14.9 Å². The van der Waals surface area contributed by atoms with Crippen LogP contribution in [0.2, 0.25) is 0 Å². The van der Waals surface area contributed by atoms with Crippen LogP contribution in [-0.4, -0.2) is 26.3 Å². The lowest BCUT2D eigenvalue weighted by Gasteiger charge is -2.11. The zero-order chi connectivity index (χ0) is 10.3. The van der Waals surface area contributed by atoms with Crippen molar-refractivity contribution in [2.45, 2.75) is 12.1 Å². The maximum Gasteiger partial charge on any atom is 0.212 e. The Morgan fingerprint density at radius 3 is 3.00 bits per heavy atom. The van der Waals surface area contributed by atoms with Crippen LogP contribution in [0.1, 0.15) is 10.7 Å². The van der Waals surface area contributed by atoms with Gasteiger partial charge in [0.2, 0.25) is 5.16 Å². The van der Waals surface area contributed by atoms with Gasteiger partial charge in [0.25, 0.3) is 0 Å². The minimum absolute atomic E-state index is 0. The molecular formula is C9H9BrN4S2. The number of hydrogen-bond acceptors (Lipinski definition) is 5. The van der Waals surface area contributed by atoms with Gasteiger partial charge in [0.05, 0.1) is 10.6 Å². The van der Waals surface area contributed by atoms with E-state index in [-0.39, 0.29) is 17.0 Å². The molecular weight excluding hydrogens is 308 g/mol. The summed E-state index contributed by atoms with van der Waals surface area (Å²) in [5.74, 6) is 1.71. The molecule has 2 aromatic heterocycles. The van der Waals surface area contributed by atoms with E-state index in [1.165, 1.54) is 4.88 Å². The molecule has 0 amide bonds. The molecule has 0 saturated heterocycles. The van der Waals surface area contributed by atoms with Crippen LogP contribution in [0.25, 0.3) is 0 Å². The van der Waals surface area contributed by atoms with Crippen LogP contribution < -0.4 is 0 Å². The van der Waals surface area contributed by atoms with Gasteiger partial charge >= 0.3 is 0 Å². The number of rotatable bonds is 1. The molecule has 7 heteroatoms. The first-order valence-electron chi connectivity index (χ1n) is 4.51. The van der Waals surface area contributed by atoms with E-state index >= 15 is 0 Å². The van der Waals surface area contributed by atoms with Crippen LogP contribution in [0.4, 0.5) is 0 Å². The lowest BCUT2D eigenvalue weighted by molar-refractivity contribution is 0.735. The highest BCUT2D eigenvalue weighted by Crippen LogP contribution is 2.24. The van der Waals surface area contributed by atoms with Crippen molar-refractivity contribution in [2.24, 2.45) is 5.10 Å². The monoisotopic (exact) mass is 316 g/mol. The number of hydrogen-bond donors (Lipinski definition) is 0. The van der Waals surface area contributed by atoms with Gasteiger partial charge in [-0.1, -0.05) is 17.8 Å². The quantitative estimate of drug-likeness (QED) is 0.812. The standard InChI is InChI=1S/C9H8N4S2.BrH/c1-6-10-11-9-13(6)12-7(5-15-9)8-3-2-4-14-8;/h2-4H,5H2,1H3;1H. The van der Waals surface area contributed by atoms with Crippen molar-refractivity contribution in [3.05, 3.63) is 28.2 Å². The summed E-state index contributed by atoms with van der Waals surface area (Å²) in [4.78, 5) is 1.22. The van der Waals surface area contributed by atoms with Crippen molar-refractivity contribution >= 4 is 45.8 Å². The molecule has 0 radical (unpaired) electrons. The van der Waals surface area contributed by atoms with E-state index in [0.29, 0.717) is 0 Å². The van der Waals surface area contributed by atoms with Crippen LogP contribution in [0.15, 0.2) is 27.8 Å². The fourth-order valence-corrected chi connectivity index (χ4v) is 3.06. The van der Waals surface area contributed by atoms with Gasteiger partial charge in [-0.05, 0) is 18.4 Å². The van der Waals surface area contributed by atoms with Crippen molar-refractivity contribution in [3.63, 3.8) is 0 Å². The zero-order valence-electron chi connectivity index (χ0n) is 8.45. The molecule has 0 atom stereocenters. The Hall–Kier alpha value is -0.660. The summed E-state index contributed by atoms with van der Waals surface area (Å²) in [6.45, 7) is 1.91. The second-order valence-electron chi connectivity index (χ2n) is 3.15. The summed E-state index contributed by atoms with van der Waals surface area (Å²) in [7, 11) is 0. The summed E-state index contributed by atoms with van der Waals surface area (Å²) in [5, 5.41) is 15.5. The molecule has 0 bridgehead atoms. The summed E-state index contributed by atoms with van der Waals surface area (Å²) in [5.41, 5.74) is 1.10. The van der Waals surface area contributed by atoms with E-state index in [1.54, 1.807) is 23.1 Å². The molecule has 0 N–H and O–H groups in total. The molecule has 0 aromatic carbocycles. The molecule has 1 aliphatic rings. The van der Waals surface area contributed by atoms with Crippen molar-refractivity contribution in [3.8, 4) is 0 Å². The first-order valence-corrected chi connectivity index (χ1v) is 6.37. The van der Waals surface area contributed by atoms with Gasteiger partial charge in [-0.3, -0.25) is 0 Å². The Bertz CT molecular complexity index is 518. The number of fused-ring (bicyclic) bond motifs is 1. The number of aromatic nitrogens is 3. The van der Waals surface area contributed by atoms with E-state index in [4.69, 9.17) is 0 Å². The first-order chi connectivity index (χ1) is 7.34. The molecule has 1 aliphatic heterocycles. The highest BCUT2D eigenvalue weighted by atomic mass is 79.9. The predicted molar refractivity (Wildman–Crippen MR) is 72.1 cm³/mol. The molecule has 0 unspecified atom stereocenters. The molecule has 0 aliphatic carbocycles. The number of nitrogens with zero attached hydrogens (tertiary/aromatic N) is 4. The number of thioether (sulfide) groups is 1. The maximum atomic E-state index is 4.55. The second kappa shape index (κ2) is 4.68. The molecule has 3 heterocycles. The maximum absolute atomic E-state index is 4.55. The molecule has 3 rings (SSSR count). The van der Waals surface area contributed by atoms with Crippen LogP contribution in [0, 0.1) is 6.92 Å². The van der Waals surface area contributed by atoms with Crippen molar-refractivity contribution in [2.75, 3.05) is 5.75 Å². The largest absolute Gasteiger partial charge is 0.212 e. The molecule has 84 valence electrons. The van der Waals surface area contributed by atoms with Gasteiger partial charge in [0, 0.05) is 5.75 Å². The van der Waals surface area contributed by atoms with E-state index in [1.807, 2.05) is 17.7 Å². The van der Waals surface area contributed by atoms with E-state index < -0.39 is 0 Å². The Morgan fingerprint density at radius 1 is 1.38 bits per heavy atom. The molecule has 2 aromatic rings. The summed E-state index contributed by atoms with van der Waals surface area (Å²) in [6.07, 6.45) is 0. The predicted octanol–water partition coefficient (Wildman–Crippen LogP) is 2.58. The summed E-state index contributed by atoms with van der Waals surface area (Å²) >= 11 is 3.40. The van der Waals surface area contributed by atoms with Gasteiger partial charge in [0.1, 0.15) is 0 Å². The van der Waals surface area contributed by atoms with Crippen LogP contribution in [0.3, 0.4) is 0 Å². The van der Waals surface area contributed by atoms with Gasteiger partial charge < -0.3 is 0 Å². The van der Waals surface area contributed by atoms with Gasteiger partial charge in [-0.15, -0.1) is 38.5 Å². The van der Waals surface area contributed by atoms with Crippen molar-refractivity contribution in [1.29, 1.82) is 0 Å². The first kappa shape index (κ1) is 11.8. The van der Waals surface area contributed by atoms with E-state index in [2.05, 4.69) is 26.7 Å². The Morgan fingerprint density at radius 2 is 2.25 bits per heavy atom. The summed E-state index contributed by atoms with van der Waals surface area (Å²) < 4.78 is 1.81. The minimum atomic E-state index is 0. The molecule has 0 saturated carbocycles. The molecule has 4 nitrogen and oxygen atoms in total. The number of halogens is 1. The van der Waals surface area contributed by atoms with Gasteiger partial charge in [-0.25, -0.2) is 0 Å². The lowest BCUT2D eigenvalue weighted by Crippen LogP contribution is -2.12. The van der Waals surface area contributed by atoms with Gasteiger partial charge in [-0.2, -0.15) is 9.78 Å². The second-order valence-corrected chi connectivity index (χ2v) is 5.04. The fourth-order valence-electron chi connectivity index (χ4n) is 1.39. The highest BCUT2D eigenvalue weighted by molar-refractivity contribution is 8.93. The smallest absolute Gasteiger partial charge is 0.191 e. The highest BCUT2D eigenvalue weighted by Gasteiger charge is 2.17. The average molecular weight is 317 g/mol. The Balaban J connectivity index is 0.000000963.